The molecule has 0 saturated carbocycles. The van der Waals surface area contributed by atoms with E-state index in [0.29, 0.717) is 6.54 Å². The fourth-order valence-electron chi connectivity index (χ4n) is 1.66. The van der Waals surface area contributed by atoms with Gasteiger partial charge in [0.25, 0.3) is 0 Å². The Morgan fingerprint density at radius 1 is 1.41 bits per heavy atom. The molecule has 7 heteroatoms. The molecule has 0 radical (unpaired) electrons. The van der Waals surface area contributed by atoms with E-state index in [0.717, 1.165) is 27.1 Å². The number of thiazole rings is 1. The van der Waals surface area contributed by atoms with Crippen LogP contribution in [0.3, 0.4) is 0 Å². The molecule has 6 nitrogen and oxygen atoms in total. The van der Waals surface area contributed by atoms with Crippen LogP contribution in [0.5, 0.6) is 0 Å². The Morgan fingerprint density at radius 2 is 2.29 bits per heavy atom. The maximum Gasteiger partial charge on any atom is 0.180 e. The highest BCUT2D eigenvalue weighted by atomic mass is 32.1. The molecule has 0 fully saturated rings. The molecule has 3 aromatic rings. The van der Waals surface area contributed by atoms with Crippen LogP contribution in [0.15, 0.2) is 18.6 Å². The summed E-state index contributed by atoms with van der Waals surface area (Å²) in [4.78, 5) is 9.40. The molecule has 0 saturated heterocycles. The highest BCUT2D eigenvalue weighted by molar-refractivity contribution is 7.15. The Morgan fingerprint density at radius 3 is 3.06 bits per heavy atom. The van der Waals surface area contributed by atoms with E-state index in [1.807, 2.05) is 17.5 Å². The van der Waals surface area contributed by atoms with Crippen LogP contribution >= 0.6 is 11.3 Å². The van der Waals surface area contributed by atoms with Crippen molar-refractivity contribution in [1.29, 1.82) is 0 Å². The summed E-state index contributed by atoms with van der Waals surface area (Å²) in [5, 5.41) is 9.15. The van der Waals surface area contributed by atoms with Crippen LogP contribution in [0.4, 0.5) is 0 Å². The van der Waals surface area contributed by atoms with E-state index >= 15 is 0 Å². The van der Waals surface area contributed by atoms with Crippen LogP contribution in [0.2, 0.25) is 0 Å². The standard InChI is InChI=1S/C10H10N6S/c1-6-9(17-8(4-11)13-6)10-15-14-7-5-12-2-3-16(7)10/h2-3,5H,4,11H2,1H3. The molecule has 0 unspecified atom stereocenters. The van der Waals surface area contributed by atoms with Gasteiger partial charge >= 0.3 is 0 Å². The largest absolute Gasteiger partial charge is 0.325 e. The second-order valence-electron chi connectivity index (χ2n) is 3.55. The van der Waals surface area contributed by atoms with Gasteiger partial charge in [0, 0.05) is 18.9 Å². The van der Waals surface area contributed by atoms with Crippen molar-refractivity contribution in [2.75, 3.05) is 0 Å². The lowest BCUT2D eigenvalue weighted by atomic mass is 10.4. The fraction of sp³-hybridized carbons (Fsp3) is 0.200. The summed E-state index contributed by atoms with van der Waals surface area (Å²) < 4.78 is 1.90. The van der Waals surface area contributed by atoms with Crippen molar-refractivity contribution in [3.8, 4) is 10.7 Å². The summed E-state index contributed by atoms with van der Waals surface area (Å²) in [6, 6.07) is 0. The Bertz CT molecular complexity index is 670. The molecule has 0 amide bonds. The number of fused-ring (bicyclic) bond motifs is 1. The van der Waals surface area contributed by atoms with Crippen molar-refractivity contribution in [3.05, 3.63) is 29.3 Å². The molecular formula is C10H10N6S. The van der Waals surface area contributed by atoms with Gasteiger partial charge in [-0.15, -0.1) is 21.5 Å². The first kappa shape index (κ1) is 10.3. The van der Waals surface area contributed by atoms with Gasteiger partial charge in [0.2, 0.25) is 0 Å². The quantitative estimate of drug-likeness (QED) is 0.730. The lowest BCUT2D eigenvalue weighted by Crippen LogP contribution is -1.94. The fourth-order valence-corrected chi connectivity index (χ4v) is 2.58. The third-order valence-electron chi connectivity index (χ3n) is 2.43. The van der Waals surface area contributed by atoms with Crippen molar-refractivity contribution < 1.29 is 0 Å². The Hall–Kier alpha value is -1.86. The molecule has 3 rings (SSSR count). The average molecular weight is 246 g/mol. The van der Waals surface area contributed by atoms with Gasteiger partial charge in [0.1, 0.15) is 5.01 Å². The van der Waals surface area contributed by atoms with Crippen molar-refractivity contribution in [2.45, 2.75) is 13.5 Å². The molecule has 0 atom stereocenters. The third kappa shape index (κ3) is 1.60. The second-order valence-corrected chi connectivity index (χ2v) is 4.64. The van der Waals surface area contributed by atoms with Crippen molar-refractivity contribution in [2.24, 2.45) is 5.73 Å². The first-order valence-corrected chi connectivity index (χ1v) is 5.92. The zero-order valence-electron chi connectivity index (χ0n) is 9.16. The van der Waals surface area contributed by atoms with E-state index in [1.165, 1.54) is 0 Å². The molecule has 3 aromatic heterocycles. The van der Waals surface area contributed by atoms with Crippen LogP contribution in [-0.2, 0) is 6.54 Å². The van der Waals surface area contributed by atoms with Gasteiger partial charge in [0.15, 0.2) is 11.5 Å². The van der Waals surface area contributed by atoms with Crippen LogP contribution in [0.25, 0.3) is 16.3 Å². The summed E-state index contributed by atoms with van der Waals surface area (Å²) in [5.74, 6) is 0.789. The summed E-state index contributed by atoms with van der Waals surface area (Å²) >= 11 is 1.55. The number of nitrogens with two attached hydrogens (primary N) is 1. The van der Waals surface area contributed by atoms with E-state index in [1.54, 1.807) is 23.7 Å². The Kier molecular flexibility index (Phi) is 2.34. The molecule has 0 bridgehead atoms. The van der Waals surface area contributed by atoms with Gasteiger partial charge < -0.3 is 5.73 Å². The van der Waals surface area contributed by atoms with Gasteiger partial charge in [-0.2, -0.15) is 0 Å². The Balaban J connectivity index is 2.23. The van der Waals surface area contributed by atoms with Crippen LogP contribution in [0.1, 0.15) is 10.7 Å². The molecule has 3 heterocycles. The normalized spacial score (nSPS) is 11.2. The molecule has 0 aliphatic heterocycles. The predicted molar refractivity (Wildman–Crippen MR) is 64.5 cm³/mol. The minimum absolute atomic E-state index is 0.448. The zero-order chi connectivity index (χ0) is 11.8. The summed E-state index contributed by atoms with van der Waals surface area (Å²) in [6.07, 6.45) is 5.22. The predicted octanol–water partition coefficient (Wildman–Crippen LogP) is 1.01. The lowest BCUT2D eigenvalue weighted by Gasteiger charge is -1.95. The van der Waals surface area contributed by atoms with Gasteiger partial charge in [-0.05, 0) is 6.92 Å². The maximum atomic E-state index is 5.59. The summed E-state index contributed by atoms with van der Waals surface area (Å²) in [6.45, 7) is 2.40. The van der Waals surface area contributed by atoms with Crippen LogP contribution in [0, 0.1) is 6.92 Å². The van der Waals surface area contributed by atoms with Gasteiger partial charge in [-0.25, -0.2) is 4.98 Å². The average Bonchev–Trinajstić information content (AvgIpc) is 2.92. The number of hydrogen-bond acceptors (Lipinski definition) is 6. The van der Waals surface area contributed by atoms with E-state index in [2.05, 4.69) is 20.2 Å². The van der Waals surface area contributed by atoms with Crippen LogP contribution in [-0.4, -0.2) is 24.6 Å². The van der Waals surface area contributed by atoms with Gasteiger partial charge in [-0.3, -0.25) is 9.38 Å². The smallest absolute Gasteiger partial charge is 0.180 e. The van der Waals surface area contributed by atoms with Crippen molar-refractivity contribution in [3.63, 3.8) is 0 Å². The highest BCUT2D eigenvalue weighted by Crippen LogP contribution is 2.28. The highest BCUT2D eigenvalue weighted by Gasteiger charge is 2.14. The molecular weight excluding hydrogens is 236 g/mol. The first-order chi connectivity index (χ1) is 8.29. The molecule has 0 spiro atoms. The summed E-state index contributed by atoms with van der Waals surface area (Å²) in [7, 11) is 0. The van der Waals surface area contributed by atoms with E-state index in [-0.39, 0.29) is 0 Å². The van der Waals surface area contributed by atoms with E-state index < -0.39 is 0 Å². The second kappa shape index (κ2) is 3.86. The minimum atomic E-state index is 0.448. The molecule has 0 aliphatic carbocycles. The topological polar surface area (TPSA) is 82.0 Å². The zero-order valence-corrected chi connectivity index (χ0v) is 9.98. The summed E-state index contributed by atoms with van der Waals surface area (Å²) in [5.41, 5.74) is 7.25. The van der Waals surface area contributed by atoms with Crippen molar-refractivity contribution in [1.82, 2.24) is 24.6 Å². The van der Waals surface area contributed by atoms with Gasteiger partial charge in [-0.1, -0.05) is 0 Å². The molecule has 0 aliphatic rings. The maximum absolute atomic E-state index is 5.59. The van der Waals surface area contributed by atoms with Gasteiger partial charge in [0.05, 0.1) is 16.8 Å². The number of rotatable bonds is 2. The van der Waals surface area contributed by atoms with Crippen LogP contribution < -0.4 is 5.73 Å². The number of aryl methyl sites for hydroxylation is 1. The molecule has 2 N–H and O–H groups in total. The minimum Gasteiger partial charge on any atom is -0.325 e. The SMILES string of the molecule is Cc1nc(CN)sc1-c1nnc2cnccn12. The molecule has 86 valence electrons. The monoisotopic (exact) mass is 246 g/mol. The number of nitrogens with zero attached hydrogens (tertiary/aromatic N) is 5. The Labute approximate surface area is 101 Å². The molecule has 0 aromatic carbocycles. The molecule has 17 heavy (non-hydrogen) atoms. The number of hydrogen-bond donors (Lipinski definition) is 1. The van der Waals surface area contributed by atoms with Crippen molar-refractivity contribution >= 4 is 17.0 Å². The lowest BCUT2D eigenvalue weighted by molar-refractivity contribution is 1.02. The van der Waals surface area contributed by atoms with E-state index in [4.69, 9.17) is 5.73 Å². The number of aromatic nitrogens is 5. The third-order valence-corrected chi connectivity index (χ3v) is 3.61. The first-order valence-electron chi connectivity index (χ1n) is 5.11. The van der Waals surface area contributed by atoms with E-state index in [9.17, 15) is 0 Å².